The number of unbranched alkanes of at least 4 members (excludes halogenated alkanes) is 15. The van der Waals surface area contributed by atoms with Crippen LogP contribution in [0.25, 0.3) is 0 Å². The molecule has 0 aliphatic carbocycles. The number of carbonyl (C=O) groups excluding carboxylic acids is 3. The van der Waals surface area contributed by atoms with E-state index in [1.54, 1.807) is 0 Å². The highest BCUT2D eigenvalue weighted by Crippen LogP contribution is 2.13. The van der Waals surface area contributed by atoms with Crippen LogP contribution in [0.15, 0.2) is 146 Å². The van der Waals surface area contributed by atoms with Gasteiger partial charge in [0.15, 0.2) is 6.10 Å². The summed E-state index contributed by atoms with van der Waals surface area (Å²) < 4.78 is 16.7. The lowest BCUT2D eigenvalue weighted by molar-refractivity contribution is -0.166. The van der Waals surface area contributed by atoms with Crippen molar-refractivity contribution in [1.82, 2.24) is 0 Å². The SMILES string of the molecule is CC/C=C\C/C=C\C/C=C\C/C=C\C/C=C\C/C=C\C/C=C\C/C=C\CCCCCCCCC(=O)OCC(COC(=O)CCCCCCCCCCCC)OC(=O)CC/C=C\C/C=C\C/C=C\C/C=C\CC. The van der Waals surface area contributed by atoms with Crippen LogP contribution in [0.5, 0.6) is 0 Å². The van der Waals surface area contributed by atoms with E-state index in [2.05, 4.69) is 154 Å². The number of rotatable bonds is 50. The maximum atomic E-state index is 12.8. The fourth-order valence-corrected chi connectivity index (χ4v) is 7.35. The van der Waals surface area contributed by atoms with Gasteiger partial charge in [-0.1, -0.05) is 250 Å². The first-order valence-electron chi connectivity index (χ1n) is 28.8. The summed E-state index contributed by atoms with van der Waals surface area (Å²) >= 11 is 0. The lowest BCUT2D eigenvalue weighted by atomic mass is 10.1. The van der Waals surface area contributed by atoms with Crippen LogP contribution < -0.4 is 0 Å². The van der Waals surface area contributed by atoms with Crippen molar-refractivity contribution in [2.45, 2.75) is 239 Å². The van der Waals surface area contributed by atoms with Gasteiger partial charge in [0.2, 0.25) is 0 Å². The number of hydrogen-bond acceptors (Lipinski definition) is 6. The summed E-state index contributed by atoms with van der Waals surface area (Å²) in [4.78, 5) is 38.0. The van der Waals surface area contributed by atoms with E-state index in [0.29, 0.717) is 19.3 Å². The second-order valence-electron chi connectivity index (χ2n) is 18.4. The second-order valence-corrected chi connectivity index (χ2v) is 18.4. The maximum Gasteiger partial charge on any atom is 0.306 e. The zero-order chi connectivity index (χ0) is 52.2. The number of allylic oxidation sites excluding steroid dienone is 24. The summed E-state index contributed by atoms with van der Waals surface area (Å²) in [6.07, 6.45) is 84.4. The minimum absolute atomic E-state index is 0.115. The summed E-state index contributed by atoms with van der Waals surface area (Å²) in [7, 11) is 0. The third-order valence-electron chi connectivity index (χ3n) is 11.6. The summed E-state index contributed by atoms with van der Waals surface area (Å²) in [5, 5.41) is 0. The highest BCUT2D eigenvalue weighted by atomic mass is 16.6. The summed E-state index contributed by atoms with van der Waals surface area (Å²) in [6.45, 7) is 6.30. The van der Waals surface area contributed by atoms with Crippen LogP contribution in [0.3, 0.4) is 0 Å². The Morgan fingerprint density at radius 2 is 0.569 bits per heavy atom. The van der Waals surface area contributed by atoms with E-state index in [9.17, 15) is 14.4 Å². The van der Waals surface area contributed by atoms with Crippen molar-refractivity contribution in [1.29, 1.82) is 0 Å². The molecule has 404 valence electrons. The van der Waals surface area contributed by atoms with Crippen molar-refractivity contribution >= 4 is 17.9 Å². The molecule has 6 nitrogen and oxygen atoms in total. The average molecular weight is 994 g/mol. The number of hydrogen-bond donors (Lipinski definition) is 0. The lowest BCUT2D eigenvalue weighted by Crippen LogP contribution is -2.30. The van der Waals surface area contributed by atoms with Gasteiger partial charge in [-0.2, -0.15) is 0 Å². The van der Waals surface area contributed by atoms with E-state index in [0.717, 1.165) is 128 Å². The molecule has 0 aromatic heterocycles. The smallest absolute Gasteiger partial charge is 0.306 e. The number of ether oxygens (including phenoxy) is 3. The van der Waals surface area contributed by atoms with E-state index in [1.807, 2.05) is 12.2 Å². The summed E-state index contributed by atoms with van der Waals surface area (Å²) in [5.41, 5.74) is 0. The molecule has 0 spiro atoms. The molecule has 0 N–H and O–H groups in total. The molecule has 1 unspecified atom stereocenters. The van der Waals surface area contributed by atoms with E-state index < -0.39 is 12.1 Å². The highest BCUT2D eigenvalue weighted by molar-refractivity contribution is 5.71. The Balaban J connectivity index is 4.31. The molecule has 0 fully saturated rings. The van der Waals surface area contributed by atoms with Gasteiger partial charge >= 0.3 is 17.9 Å². The van der Waals surface area contributed by atoms with Crippen LogP contribution in [0.1, 0.15) is 233 Å². The van der Waals surface area contributed by atoms with Crippen molar-refractivity contribution in [3.05, 3.63) is 146 Å². The van der Waals surface area contributed by atoms with Gasteiger partial charge in [0.25, 0.3) is 0 Å². The Bertz CT molecular complexity index is 1610. The van der Waals surface area contributed by atoms with E-state index in [1.165, 1.54) is 57.8 Å². The minimum Gasteiger partial charge on any atom is -0.462 e. The Kier molecular flexibility index (Phi) is 55.0. The fourth-order valence-electron chi connectivity index (χ4n) is 7.35. The minimum atomic E-state index is -0.825. The van der Waals surface area contributed by atoms with Crippen molar-refractivity contribution in [2.75, 3.05) is 13.2 Å². The highest BCUT2D eigenvalue weighted by Gasteiger charge is 2.19. The first kappa shape index (κ1) is 67.3. The zero-order valence-electron chi connectivity index (χ0n) is 46.1. The second kappa shape index (κ2) is 58.9. The normalized spacial score (nSPS) is 13.2. The summed E-state index contributed by atoms with van der Waals surface area (Å²) in [6, 6.07) is 0. The standard InChI is InChI=1S/C66H104O6/c1-4-7-10-13-16-19-22-24-25-26-27-28-29-30-31-32-33-34-35-36-37-38-39-40-41-43-44-47-50-53-56-59-65(68)71-62-63(61-70-64(67)58-55-52-49-46-21-18-15-12-9-6-3)72-66(69)60-57-54-51-48-45-42-23-20-17-14-11-8-5-2/h7-8,10-11,16-17,19-20,24-25,27-28,30-31,33-34,36-37,39-40,42,45,51,54,63H,4-6,9,12-15,18,21-23,26,29,32,35,38,41,43-44,46-50,52-53,55-62H2,1-3H3/b10-7-,11-8-,19-16-,20-17-,25-24-,28-27-,31-30-,34-33-,37-36-,40-39-,45-42-,54-51-. The molecule has 0 radical (unpaired) electrons. The molecule has 0 rings (SSSR count). The third kappa shape index (κ3) is 56.2. The van der Waals surface area contributed by atoms with Crippen LogP contribution in [0.4, 0.5) is 0 Å². The fraction of sp³-hybridized carbons (Fsp3) is 0.591. The predicted octanol–water partition coefficient (Wildman–Crippen LogP) is 19.6. The molecule has 0 aromatic carbocycles. The largest absolute Gasteiger partial charge is 0.462 e. The lowest BCUT2D eigenvalue weighted by Gasteiger charge is -2.18. The molecule has 72 heavy (non-hydrogen) atoms. The predicted molar refractivity (Wildman–Crippen MR) is 311 cm³/mol. The van der Waals surface area contributed by atoms with Gasteiger partial charge in [-0.05, 0) is 109 Å². The van der Waals surface area contributed by atoms with Crippen molar-refractivity contribution < 1.29 is 28.6 Å². The molecular weight excluding hydrogens is 889 g/mol. The van der Waals surface area contributed by atoms with Crippen LogP contribution >= 0.6 is 0 Å². The van der Waals surface area contributed by atoms with Gasteiger partial charge in [0, 0.05) is 19.3 Å². The first-order chi connectivity index (χ1) is 35.5. The molecule has 0 aliphatic rings. The van der Waals surface area contributed by atoms with Gasteiger partial charge < -0.3 is 14.2 Å². The molecule has 0 heterocycles. The van der Waals surface area contributed by atoms with Crippen LogP contribution in [-0.2, 0) is 28.6 Å². The molecule has 0 saturated carbocycles. The van der Waals surface area contributed by atoms with Gasteiger partial charge in [-0.25, -0.2) is 0 Å². The van der Waals surface area contributed by atoms with E-state index in [-0.39, 0.29) is 31.6 Å². The van der Waals surface area contributed by atoms with Gasteiger partial charge in [-0.15, -0.1) is 0 Å². The maximum absolute atomic E-state index is 12.8. The first-order valence-corrected chi connectivity index (χ1v) is 28.8. The molecule has 0 aliphatic heterocycles. The Morgan fingerprint density at radius 1 is 0.292 bits per heavy atom. The molecular formula is C66H104O6. The third-order valence-corrected chi connectivity index (χ3v) is 11.6. The quantitative estimate of drug-likeness (QED) is 0.0261. The Morgan fingerprint density at radius 3 is 0.903 bits per heavy atom. The van der Waals surface area contributed by atoms with Gasteiger partial charge in [0.1, 0.15) is 13.2 Å². The monoisotopic (exact) mass is 993 g/mol. The topological polar surface area (TPSA) is 78.9 Å². The number of esters is 3. The van der Waals surface area contributed by atoms with Crippen molar-refractivity contribution in [3.8, 4) is 0 Å². The van der Waals surface area contributed by atoms with Crippen LogP contribution in [0.2, 0.25) is 0 Å². The summed E-state index contributed by atoms with van der Waals surface area (Å²) in [5.74, 6) is -1.02. The average Bonchev–Trinajstić information content (AvgIpc) is 3.38. The Labute approximate surface area is 442 Å². The Hall–Kier alpha value is -4.71. The molecule has 1 atom stereocenters. The molecule has 0 amide bonds. The molecule has 0 aromatic rings. The van der Waals surface area contributed by atoms with Crippen LogP contribution in [0, 0.1) is 0 Å². The number of carbonyl (C=O) groups is 3. The van der Waals surface area contributed by atoms with Crippen LogP contribution in [-0.4, -0.2) is 37.2 Å². The molecule has 0 bridgehead atoms. The zero-order valence-corrected chi connectivity index (χ0v) is 46.1. The van der Waals surface area contributed by atoms with Gasteiger partial charge in [0.05, 0.1) is 0 Å². The van der Waals surface area contributed by atoms with E-state index >= 15 is 0 Å². The van der Waals surface area contributed by atoms with E-state index in [4.69, 9.17) is 14.2 Å². The van der Waals surface area contributed by atoms with Gasteiger partial charge in [-0.3, -0.25) is 14.4 Å². The molecule has 6 heteroatoms. The van der Waals surface area contributed by atoms with Crippen molar-refractivity contribution in [2.24, 2.45) is 0 Å². The van der Waals surface area contributed by atoms with Crippen molar-refractivity contribution in [3.63, 3.8) is 0 Å². The molecule has 0 saturated heterocycles.